The molecular weight excluding hydrogens is 246 g/mol. The minimum atomic E-state index is -0.0128. The molecule has 0 fully saturated rings. The fourth-order valence-electron chi connectivity index (χ4n) is 2.20. The summed E-state index contributed by atoms with van der Waals surface area (Å²) < 4.78 is 0. The summed E-state index contributed by atoms with van der Waals surface area (Å²) in [5, 5.41) is 11.2. The number of halogens is 1. The molecule has 2 aromatic carbocycles. The molecule has 0 amide bonds. The Morgan fingerprint density at radius 3 is 2.78 bits per heavy atom. The third-order valence-electron chi connectivity index (χ3n) is 3.10. The first-order valence-electron chi connectivity index (χ1n) is 5.75. The molecule has 0 saturated heterocycles. The lowest BCUT2D eigenvalue weighted by Crippen LogP contribution is -1.89. The van der Waals surface area contributed by atoms with Crippen LogP contribution in [0.1, 0.15) is 5.56 Å². The number of H-pyrrole nitrogens is 1. The number of hydrogen-bond donors (Lipinski definition) is 2. The molecule has 18 heavy (non-hydrogen) atoms. The van der Waals surface area contributed by atoms with E-state index < -0.39 is 0 Å². The number of rotatable bonds is 2. The Morgan fingerprint density at radius 1 is 1.06 bits per heavy atom. The highest BCUT2D eigenvalue weighted by molar-refractivity contribution is 6.30. The Morgan fingerprint density at radius 2 is 1.94 bits per heavy atom. The van der Waals surface area contributed by atoms with Gasteiger partial charge in [0.25, 0.3) is 0 Å². The number of hydrogen-bond acceptors (Lipinski definition) is 1. The fourth-order valence-corrected chi connectivity index (χ4v) is 2.39. The summed E-state index contributed by atoms with van der Waals surface area (Å²) in [5.41, 5.74) is 4.06. The molecule has 0 saturated carbocycles. The van der Waals surface area contributed by atoms with E-state index in [1.54, 1.807) is 6.07 Å². The van der Waals surface area contributed by atoms with Crippen molar-refractivity contribution in [3.8, 4) is 11.1 Å². The SMILES string of the molecule is OCc1cc(Cl)ccc1-c1ccc2[nH]ccc2c1. The van der Waals surface area contributed by atoms with Crippen molar-refractivity contribution in [3.05, 3.63) is 59.2 Å². The van der Waals surface area contributed by atoms with Gasteiger partial charge >= 0.3 is 0 Å². The molecule has 0 spiro atoms. The van der Waals surface area contributed by atoms with Gasteiger partial charge in [-0.25, -0.2) is 0 Å². The summed E-state index contributed by atoms with van der Waals surface area (Å²) in [6.07, 6.45) is 1.92. The van der Waals surface area contributed by atoms with Crippen LogP contribution in [0.25, 0.3) is 22.0 Å². The second-order valence-corrected chi connectivity index (χ2v) is 4.68. The summed E-state index contributed by atoms with van der Waals surface area (Å²) >= 11 is 5.94. The van der Waals surface area contributed by atoms with Crippen molar-refractivity contribution < 1.29 is 5.11 Å². The smallest absolute Gasteiger partial charge is 0.0688 e. The Labute approximate surface area is 110 Å². The highest BCUT2D eigenvalue weighted by atomic mass is 35.5. The molecule has 0 aliphatic heterocycles. The van der Waals surface area contributed by atoms with Crippen LogP contribution in [0, 0.1) is 0 Å². The minimum absolute atomic E-state index is 0.0128. The minimum Gasteiger partial charge on any atom is -0.392 e. The van der Waals surface area contributed by atoms with Crippen LogP contribution in [-0.4, -0.2) is 10.1 Å². The van der Waals surface area contributed by atoms with E-state index in [9.17, 15) is 5.11 Å². The molecule has 0 bridgehead atoms. The Kier molecular flexibility index (Phi) is 2.82. The molecule has 1 heterocycles. The summed E-state index contributed by atoms with van der Waals surface area (Å²) in [6.45, 7) is -0.0128. The van der Waals surface area contributed by atoms with Crippen molar-refractivity contribution in [2.45, 2.75) is 6.61 Å². The van der Waals surface area contributed by atoms with E-state index in [2.05, 4.69) is 11.1 Å². The largest absolute Gasteiger partial charge is 0.392 e. The first kappa shape index (κ1) is 11.3. The Bertz CT molecular complexity index is 703. The molecular formula is C15H12ClNO. The molecule has 3 aromatic rings. The second-order valence-electron chi connectivity index (χ2n) is 4.24. The molecule has 0 aliphatic rings. The number of fused-ring (bicyclic) bond motifs is 1. The molecule has 2 N–H and O–H groups in total. The second kappa shape index (κ2) is 4.48. The summed E-state index contributed by atoms with van der Waals surface area (Å²) in [4.78, 5) is 3.17. The van der Waals surface area contributed by atoms with Crippen LogP contribution >= 0.6 is 11.6 Å². The molecule has 90 valence electrons. The van der Waals surface area contributed by atoms with E-state index in [0.717, 1.165) is 27.6 Å². The van der Waals surface area contributed by atoms with E-state index in [1.807, 2.05) is 36.5 Å². The maximum absolute atomic E-state index is 9.41. The molecule has 3 heteroatoms. The maximum atomic E-state index is 9.41. The van der Waals surface area contributed by atoms with Gasteiger partial charge in [-0.1, -0.05) is 23.7 Å². The van der Waals surface area contributed by atoms with Gasteiger partial charge in [0.15, 0.2) is 0 Å². The topological polar surface area (TPSA) is 36.0 Å². The number of benzene rings is 2. The summed E-state index contributed by atoms with van der Waals surface area (Å²) in [6, 6.07) is 13.8. The highest BCUT2D eigenvalue weighted by Gasteiger charge is 2.06. The van der Waals surface area contributed by atoms with Gasteiger partial charge in [-0.2, -0.15) is 0 Å². The normalized spacial score (nSPS) is 11.0. The van der Waals surface area contributed by atoms with Crippen molar-refractivity contribution in [1.82, 2.24) is 4.98 Å². The standard InChI is InChI=1S/C15H12ClNO/c16-13-2-3-14(12(8-13)9-18)10-1-4-15-11(7-10)5-6-17-15/h1-8,17-18H,9H2. The number of aliphatic hydroxyl groups excluding tert-OH is 1. The highest BCUT2D eigenvalue weighted by Crippen LogP contribution is 2.29. The maximum Gasteiger partial charge on any atom is 0.0688 e. The average molecular weight is 258 g/mol. The number of aromatic amines is 1. The lowest BCUT2D eigenvalue weighted by atomic mass is 9.99. The zero-order valence-corrected chi connectivity index (χ0v) is 10.4. The van der Waals surface area contributed by atoms with E-state index in [-0.39, 0.29) is 6.61 Å². The van der Waals surface area contributed by atoms with Gasteiger partial charge in [-0.3, -0.25) is 0 Å². The first-order valence-corrected chi connectivity index (χ1v) is 6.12. The molecule has 0 radical (unpaired) electrons. The lowest BCUT2D eigenvalue weighted by molar-refractivity contribution is 0.282. The van der Waals surface area contributed by atoms with Crippen molar-refractivity contribution in [2.24, 2.45) is 0 Å². The van der Waals surface area contributed by atoms with Crippen molar-refractivity contribution >= 4 is 22.5 Å². The number of aromatic nitrogens is 1. The van der Waals surface area contributed by atoms with E-state index in [4.69, 9.17) is 11.6 Å². The molecule has 0 unspecified atom stereocenters. The van der Waals surface area contributed by atoms with Gasteiger partial charge in [0, 0.05) is 16.7 Å². The monoisotopic (exact) mass is 257 g/mol. The number of aliphatic hydroxyl groups is 1. The summed E-state index contributed by atoms with van der Waals surface area (Å²) in [5.74, 6) is 0. The van der Waals surface area contributed by atoms with Crippen LogP contribution in [0.2, 0.25) is 5.02 Å². The molecule has 3 rings (SSSR count). The van der Waals surface area contributed by atoms with Gasteiger partial charge in [-0.15, -0.1) is 0 Å². The average Bonchev–Trinajstić information content (AvgIpc) is 2.85. The first-order chi connectivity index (χ1) is 8.78. The van der Waals surface area contributed by atoms with Crippen LogP contribution in [0.15, 0.2) is 48.7 Å². The van der Waals surface area contributed by atoms with Crippen LogP contribution in [0.3, 0.4) is 0 Å². The van der Waals surface area contributed by atoms with E-state index in [1.165, 1.54) is 0 Å². The number of nitrogens with one attached hydrogen (secondary N) is 1. The molecule has 0 aliphatic carbocycles. The summed E-state index contributed by atoms with van der Waals surface area (Å²) in [7, 11) is 0. The van der Waals surface area contributed by atoms with Crippen LogP contribution in [0.5, 0.6) is 0 Å². The van der Waals surface area contributed by atoms with E-state index >= 15 is 0 Å². The van der Waals surface area contributed by atoms with Gasteiger partial charge in [0.2, 0.25) is 0 Å². The molecule has 2 nitrogen and oxygen atoms in total. The van der Waals surface area contributed by atoms with Crippen molar-refractivity contribution in [2.75, 3.05) is 0 Å². The van der Waals surface area contributed by atoms with Crippen molar-refractivity contribution in [1.29, 1.82) is 0 Å². The predicted molar refractivity (Wildman–Crippen MR) is 74.7 cm³/mol. The van der Waals surface area contributed by atoms with Gasteiger partial charge in [0.05, 0.1) is 6.61 Å². The van der Waals surface area contributed by atoms with E-state index in [0.29, 0.717) is 5.02 Å². The quantitative estimate of drug-likeness (QED) is 0.716. The Hall–Kier alpha value is -1.77. The lowest BCUT2D eigenvalue weighted by Gasteiger charge is -2.08. The molecule has 1 aromatic heterocycles. The zero-order valence-electron chi connectivity index (χ0n) is 9.65. The Balaban J connectivity index is 2.18. The van der Waals surface area contributed by atoms with Crippen LogP contribution in [-0.2, 0) is 6.61 Å². The molecule has 0 atom stereocenters. The van der Waals surface area contributed by atoms with Gasteiger partial charge < -0.3 is 10.1 Å². The predicted octanol–water partition coefficient (Wildman–Crippen LogP) is 3.98. The van der Waals surface area contributed by atoms with Gasteiger partial charge in [0.1, 0.15) is 0 Å². The third kappa shape index (κ3) is 1.90. The zero-order chi connectivity index (χ0) is 12.5. The van der Waals surface area contributed by atoms with Crippen molar-refractivity contribution in [3.63, 3.8) is 0 Å². The third-order valence-corrected chi connectivity index (χ3v) is 3.34. The van der Waals surface area contributed by atoms with Crippen LogP contribution in [0.4, 0.5) is 0 Å². The van der Waals surface area contributed by atoms with Gasteiger partial charge in [-0.05, 0) is 52.4 Å². The van der Waals surface area contributed by atoms with Crippen LogP contribution < -0.4 is 0 Å². The fraction of sp³-hybridized carbons (Fsp3) is 0.0667.